The van der Waals surface area contributed by atoms with Crippen LogP contribution in [0, 0.1) is 5.41 Å². The van der Waals surface area contributed by atoms with Crippen LogP contribution in [0.5, 0.6) is 5.75 Å². The molecule has 1 aromatic carbocycles. The first-order chi connectivity index (χ1) is 11.3. The summed E-state index contributed by atoms with van der Waals surface area (Å²) in [4.78, 5) is 16.6. The molecule has 0 fully saturated rings. The van der Waals surface area contributed by atoms with Crippen molar-refractivity contribution in [2.45, 2.75) is 39.7 Å². The van der Waals surface area contributed by atoms with Gasteiger partial charge in [0.2, 0.25) is 0 Å². The Balaban J connectivity index is 1.95. The number of Topliss-reactive ketones (excluding diaryl/α,β-unsaturated/α-hetero) is 1. The van der Waals surface area contributed by atoms with Gasteiger partial charge in [-0.15, -0.1) is 0 Å². The van der Waals surface area contributed by atoms with Gasteiger partial charge in [0, 0.05) is 10.4 Å². The van der Waals surface area contributed by atoms with Gasteiger partial charge in [-0.05, 0) is 31.0 Å². The van der Waals surface area contributed by atoms with Crippen molar-refractivity contribution in [1.29, 1.82) is 0 Å². The van der Waals surface area contributed by atoms with E-state index in [2.05, 4.69) is 10.1 Å². The summed E-state index contributed by atoms with van der Waals surface area (Å²) in [6.07, 6.45) is 4.31. The topological polar surface area (TPSA) is 57.0 Å². The molecule has 0 saturated heterocycles. The number of benzene rings is 1. The molecule has 0 amide bonds. The second-order valence-corrected chi connectivity index (χ2v) is 7.41. The van der Waals surface area contributed by atoms with Crippen LogP contribution in [0.15, 0.2) is 30.9 Å². The largest absolute Gasteiger partial charge is 0.492 e. The molecule has 0 saturated carbocycles. The molecule has 2 rings (SSSR count). The van der Waals surface area contributed by atoms with Gasteiger partial charge in [0.25, 0.3) is 0 Å². The first kappa shape index (κ1) is 18.7. The Bertz CT molecular complexity index is 682. The molecule has 1 aromatic heterocycles. The van der Waals surface area contributed by atoms with Gasteiger partial charge in [0.15, 0.2) is 5.78 Å². The van der Waals surface area contributed by atoms with Crippen LogP contribution in [0.2, 0.25) is 10.0 Å². The molecule has 7 heteroatoms. The lowest BCUT2D eigenvalue weighted by Crippen LogP contribution is -2.31. The van der Waals surface area contributed by atoms with Gasteiger partial charge in [-0.2, -0.15) is 5.10 Å². The molecule has 2 aromatic rings. The minimum atomic E-state index is -0.447. The minimum absolute atomic E-state index is 0.123. The summed E-state index contributed by atoms with van der Waals surface area (Å²) in [5, 5.41) is 5.16. The highest BCUT2D eigenvalue weighted by Crippen LogP contribution is 2.29. The summed E-state index contributed by atoms with van der Waals surface area (Å²) >= 11 is 11.9. The summed E-state index contributed by atoms with van der Waals surface area (Å²) in [6, 6.07) is 4.75. The lowest BCUT2D eigenvalue weighted by molar-refractivity contribution is -0.130. The highest BCUT2D eigenvalue weighted by Gasteiger charge is 2.31. The van der Waals surface area contributed by atoms with E-state index in [1.165, 1.54) is 6.33 Å². The number of rotatable bonds is 7. The number of aromatic nitrogens is 3. The summed E-state index contributed by atoms with van der Waals surface area (Å²) in [6.45, 7) is 6.17. The van der Waals surface area contributed by atoms with Crippen LogP contribution in [-0.4, -0.2) is 27.2 Å². The van der Waals surface area contributed by atoms with Crippen molar-refractivity contribution < 1.29 is 9.53 Å². The van der Waals surface area contributed by atoms with Gasteiger partial charge in [-0.1, -0.05) is 44.0 Å². The van der Waals surface area contributed by atoms with Crippen molar-refractivity contribution in [2.24, 2.45) is 5.41 Å². The average Bonchev–Trinajstić information content (AvgIpc) is 3.01. The summed E-state index contributed by atoms with van der Waals surface area (Å²) in [5.41, 5.74) is -0.447. The number of ether oxygens (including phenoxy) is 1. The van der Waals surface area contributed by atoms with Crippen LogP contribution < -0.4 is 4.74 Å². The molecule has 0 aliphatic carbocycles. The maximum absolute atomic E-state index is 12.7. The molecule has 5 nitrogen and oxygen atoms in total. The van der Waals surface area contributed by atoms with Gasteiger partial charge in [0.1, 0.15) is 24.4 Å². The monoisotopic (exact) mass is 369 g/mol. The van der Waals surface area contributed by atoms with Gasteiger partial charge < -0.3 is 4.74 Å². The molecule has 24 heavy (non-hydrogen) atoms. The van der Waals surface area contributed by atoms with E-state index in [0.717, 1.165) is 0 Å². The Labute approximate surface area is 151 Å². The first-order valence-electron chi connectivity index (χ1n) is 7.75. The van der Waals surface area contributed by atoms with Crippen molar-refractivity contribution in [1.82, 2.24) is 14.8 Å². The third kappa shape index (κ3) is 4.95. The lowest BCUT2D eigenvalue weighted by Gasteiger charge is -2.24. The Morgan fingerprint density at radius 2 is 2.08 bits per heavy atom. The lowest BCUT2D eigenvalue weighted by atomic mass is 9.85. The van der Waals surface area contributed by atoms with E-state index < -0.39 is 5.41 Å². The summed E-state index contributed by atoms with van der Waals surface area (Å²) in [5.74, 6) is 0.707. The predicted molar refractivity (Wildman–Crippen MR) is 94.7 cm³/mol. The third-order valence-electron chi connectivity index (χ3n) is 3.57. The Morgan fingerprint density at radius 3 is 2.67 bits per heavy atom. The number of carbonyl (C=O) groups excluding carboxylic acids is 1. The van der Waals surface area contributed by atoms with E-state index in [4.69, 9.17) is 27.9 Å². The van der Waals surface area contributed by atoms with E-state index in [0.29, 0.717) is 35.2 Å². The fourth-order valence-corrected chi connectivity index (χ4v) is 2.78. The highest BCUT2D eigenvalue weighted by molar-refractivity contribution is 6.35. The Hall–Kier alpha value is -1.59. The standard InChI is InChI=1S/C17H21Cl2N3O2/c1-17(2,3)16(23)14(22-11-20-10-21-22)5-4-8-24-15-7-6-12(18)9-13(15)19/h6-7,9-11,14H,4-5,8H2,1-3H3. The van der Waals surface area contributed by atoms with E-state index in [1.807, 2.05) is 20.8 Å². The van der Waals surface area contributed by atoms with Gasteiger partial charge in [0.05, 0.1) is 11.6 Å². The molecule has 0 radical (unpaired) electrons. The molecule has 1 unspecified atom stereocenters. The number of ketones is 1. The minimum Gasteiger partial charge on any atom is -0.492 e. The average molecular weight is 370 g/mol. The van der Waals surface area contributed by atoms with Gasteiger partial charge in [-0.25, -0.2) is 9.67 Å². The molecule has 0 N–H and O–H groups in total. The number of nitrogens with zero attached hydrogens (tertiary/aromatic N) is 3. The van der Waals surface area contributed by atoms with E-state index >= 15 is 0 Å². The molecule has 0 aliphatic heterocycles. The van der Waals surface area contributed by atoms with Gasteiger partial charge in [-0.3, -0.25) is 4.79 Å². The molecule has 1 heterocycles. The number of hydrogen-bond donors (Lipinski definition) is 0. The third-order valence-corrected chi connectivity index (χ3v) is 4.10. The van der Waals surface area contributed by atoms with Crippen LogP contribution in [0.3, 0.4) is 0 Å². The molecule has 0 bridgehead atoms. The van der Waals surface area contributed by atoms with Crippen LogP contribution in [0.25, 0.3) is 0 Å². The molecular weight excluding hydrogens is 349 g/mol. The fourth-order valence-electron chi connectivity index (χ4n) is 2.31. The van der Waals surface area contributed by atoms with Gasteiger partial charge >= 0.3 is 0 Å². The van der Waals surface area contributed by atoms with Crippen LogP contribution in [0.1, 0.15) is 39.7 Å². The molecule has 0 aliphatic rings. The van der Waals surface area contributed by atoms with Crippen molar-refractivity contribution in [3.05, 3.63) is 40.9 Å². The van der Waals surface area contributed by atoms with Crippen molar-refractivity contribution in [2.75, 3.05) is 6.61 Å². The fraction of sp³-hybridized carbons (Fsp3) is 0.471. The van der Waals surface area contributed by atoms with Crippen molar-refractivity contribution >= 4 is 29.0 Å². The second kappa shape index (κ2) is 7.99. The first-order valence-corrected chi connectivity index (χ1v) is 8.51. The Morgan fingerprint density at radius 1 is 1.33 bits per heavy atom. The van der Waals surface area contributed by atoms with Crippen LogP contribution in [-0.2, 0) is 4.79 Å². The zero-order chi connectivity index (χ0) is 17.7. The summed E-state index contributed by atoms with van der Waals surface area (Å²) < 4.78 is 7.29. The quantitative estimate of drug-likeness (QED) is 0.669. The molecule has 1 atom stereocenters. The zero-order valence-corrected chi connectivity index (χ0v) is 15.5. The van der Waals surface area contributed by atoms with E-state index in [-0.39, 0.29) is 11.8 Å². The molecule has 130 valence electrons. The second-order valence-electron chi connectivity index (χ2n) is 6.57. The van der Waals surface area contributed by atoms with Crippen molar-refractivity contribution in [3.8, 4) is 5.75 Å². The number of halogens is 2. The van der Waals surface area contributed by atoms with E-state index in [9.17, 15) is 4.79 Å². The van der Waals surface area contributed by atoms with Crippen molar-refractivity contribution in [3.63, 3.8) is 0 Å². The maximum Gasteiger partial charge on any atom is 0.162 e. The van der Waals surface area contributed by atoms with Crippen LogP contribution in [0.4, 0.5) is 0 Å². The highest BCUT2D eigenvalue weighted by atomic mass is 35.5. The van der Waals surface area contributed by atoms with Crippen LogP contribution >= 0.6 is 23.2 Å². The predicted octanol–water partition coefficient (Wildman–Crippen LogP) is 4.60. The number of carbonyl (C=O) groups is 1. The smallest absolute Gasteiger partial charge is 0.162 e. The number of hydrogen-bond acceptors (Lipinski definition) is 4. The normalized spacial score (nSPS) is 12.9. The maximum atomic E-state index is 12.7. The van der Waals surface area contributed by atoms with E-state index in [1.54, 1.807) is 29.2 Å². The molecular formula is C17H21Cl2N3O2. The zero-order valence-electron chi connectivity index (χ0n) is 14.0. The molecule has 0 spiro atoms. The SMILES string of the molecule is CC(C)(C)C(=O)C(CCCOc1ccc(Cl)cc1Cl)n1cncn1. The summed E-state index contributed by atoms with van der Waals surface area (Å²) in [7, 11) is 0. The Kier molecular flexibility index (Phi) is 6.24.